The van der Waals surface area contributed by atoms with Gasteiger partial charge in [0.25, 0.3) is 10.0 Å². The highest BCUT2D eigenvalue weighted by atomic mass is 32.2. The molecule has 0 aliphatic heterocycles. The number of sulfonamides is 1. The summed E-state index contributed by atoms with van der Waals surface area (Å²) in [5.41, 5.74) is 1.85. The normalized spacial score (nSPS) is 14.1. The summed E-state index contributed by atoms with van der Waals surface area (Å²) in [6.45, 7) is 0. The third-order valence-corrected chi connectivity index (χ3v) is 7.90. The molecule has 2 N–H and O–H groups in total. The van der Waals surface area contributed by atoms with Gasteiger partial charge in [0.15, 0.2) is 5.03 Å². The van der Waals surface area contributed by atoms with Crippen molar-refractivity contribution in [1.29, 1.82) is 0 Å². The van der Waals surface area contributed by atoms with E-state index >= 15 is 0 Å². The topological polar surface area (TPSA) is 106 Å². The second-order valence-electron chi connectivity index (χ2n) is 8.00. The molecule has 2 aromatic carbocycles. The van der Waals surface area contributed by atoms with E-state index in [9.17, 15) is 13.2 Å². The molecule has 1 aliphatic carbocycles. The van der Waals surface area contributed by atoms with Crippen molar-refractivity contribution in [1.82, 2.24) is 4.98 Å². The number of anilines is 1. The van der Waals surface area contributed by atoms with Crippen LogP contribution in [0, 0.1) is 17.8 Å². The molecular weight excluding hydrogens is 472 g/mol. The van der Waals surface area contributed by atoms with Crippen LogP contribution in [0.25, 0.3) is 10.6 Å². The lowest BCUT2D eigenvalue weighted by atomic mass is 9.89. The Morgan fingerprint density at radius 2 is 1.88 bits per heavy atom. The summed E-state index contributed by atoms with van der Waals surface area (Å²) >= 11 is 1.22. The summed E-state index contributed by atoms with van der Waals surface area (Å²) < 4.78 is 33.3. The molecule has 7 nitrogen and oxygen atoms in total. The van der Waals surface area contributed by atoms with Crippen LogP contribution < -0.4 is 9.46 Å². The maximum absolute atomic E-state index is 12.9. The highest BCUT2D eigenvalue weighted by molar-refractivity contribution is 7.92. The number of aromatic carboxylic acids is 1. The van der Waals surface area contributed by atoms with Gasteiger partial charge in [0.2, 0.25) is 0 Å². The van der Waals surface area contributed by atoms with E-state index in [2.05, 4.69) is 21.5 Å². The molecule has 0 unspecified atom stereocenters. The predicted molar refractivity (Wildman–Crippen MR) is 132 cm³/mol. The molecule has 176 valence electrons. The summed E-state index contributed by atoms with van der Waals surface area (Å²) in [5, 5.41) is 11.0. The van der Waals surface area contributed by atoms with E-state index in [1.807, 2.05) is 24.3 Å². The minimum atomic E-state index is -4.00. The molecule has 0 spiro atoms. The molecule has 0 atom stereocenters. The van der Waals surface area contributed by atoms with Crippen molar-refractivity contribution in [3.05, 3.63) is 59.0 Å². The predicted octanol–water partition coefficient (Wildman–Crippen LogP) is 5.25. The molecule has 1 heterocycles. The number of carboxylic acids is 1. The van der Waals surface area contributed by atoms with Gasteiger partial charge in [0.05, 0.1) is 18.4 Å². The van der Waals surface area contributed by atoms with E-state index in [4.69, 9.17) is 9.84 Å². The highest BCUT2D eigenvalue weighted by Crippen LogP contribution is 2.30. The van der Waals surface area contributed by atoms with Gasteiger partial charge in [-0.3, -0.25) is 4.72 Å². The Balaban J connectivity index is 1.49. The van der Waals surface area contributed by atoms with Gasteiger partial charge in [0.1, 0.15) is 10.8 Å². The number of methoxy groups -OCH3 is 1. The average molecular weight is 497 g/mol. The third-order valence-electron chi connectivity index (χ3n) is 5.61. The number of nitrogens with one attached hydrogen (secondary N) is 1. The Labute approximate surface area is 202 Å². The molecule has 0 radical (unpaired) electrons. The zero-order valence-electron chi connectivity index (χ0n) is 18.6. The monoisotopic (exact) mass is 496 g/mol. The first-order valence-corrected chi connectivity index (χ1v) is 13.2. The van der Waals surface area contributed by atoms with Gasteiger partial charge >= 0.3 is 5.97 Å². The number of hydrogen-bond acceptors (Lipinski definition) is 6. The molecule has 3 aromatic rings. The molecule has 9 heteroatoms. The van der Waals surface area contributed by atoms with Crippen LogP contribution in [0.1, 0.15) is 48.0 Å². The standard InChI is InChI=1S/C25H24N2O5S2/c1-32-22-15-20(25(28)29)13-14-21(22)27-34(30,31)23-16-33-24(26-23)19-11-9-18(10-12-19)8-7-17-5-3-2-4-6-17/h9-17,27H,2-6H2,1H3,(H,28,29). The van der Waals surface area contributed by atoms with Crippen molar-refractivity contribution in [2.24, 2.45) is 5.92 Å². The molecule has 0 amide bonds. The molecule has 1 fully saturated rings. The fraction of sp³-hybridized carbons (Fsp3) is 0.280. The summed E-state index contributed by atoms with van der Waals surface area (Å²) in [6.07, 6.45) is 6.15. The molecule has 34 heavy (non-hydrogen) atoms. The van der Waals surface area contributed by atoms with Crippen LogP contribution in [0.5, 0.6) is 5.75 Å². The first-order chi connectivity index (χ1) is 16.4. The lowest BCUT2D eigenvalue weighted by Gasteiger charge is -2.15. The van der Waals surface area contributed by atoms with Crippen molar-refractivity contribution < 1.29 is 23.1 Å². The Kier molecular flexibility index (Phi) is 7.20. The zero-order chi connectivity index (χ0) is 24.1. The van der Waals surface area contributed by atoms with Crippen molar-refractivity contribution >= 4 is 33.0 Å². The van der Waals surface area contributed by atoms with E-state index in [0.29, 0.717) is 10.9 Å². The lowest BCUT2D eigenvalue weighted by Crippen LogP contribution is -2.14. The van der Waals surface area contributed by atoms with Crippen LogP contribution in [0.3, 0.4) is 0 Å². The van der Waals surface area contributed by atoms with Crippen LogP contribution in [-0.4, -0.2) is 31.6 Å². The van der Waals surface area contributed by atoms with E-state index in [-0.39, 0.29) is 22.0 Å². The molecule has 1 saturated carbocycles. The number of carboxylic acid groups (broad SMARTS) is 1. The summed E-state index contributed by atoms with van der Waals surface area (Å²) in [4.78, 5) is 15.4. The van der Waals surface area contributed by atoms with Crippen LogP contribution in [0.15, 0.2) is 52.9 Å². The Hall–Kier alpha value is -3.35. The van der Waals surface area contributed by atoms with Crippen LogP contribution in [0.2, 0.25) is 0 Å². The molecule has 0 bridgehead atoms. The number of hydrogen-bond donors (Lipinski definition) is 2. The van der Waals surface area contributed by atoms with Gasteiger partial charge in [-0.05, 0) is 43.2 Å². The van der Waals surface area contributed by atoms with E-state index in [1.165, 1.54) is 74.1 Å². The lowest BCUT2D eigenvalue weighted by molar-refractivity contribution is 0.0696. The highest BCUT2D eigenvalue weighted by Gasteiger charge is 2.21. The maximum Gasteiger partial charge on any atom is 0.335 e. The zero-order valence-corrected chi connectivity index (χ0v) is 20.2. The van der Waals surface area contributed by atoms with Crippen LogP contribution in [0.4, 0.5) is 5.69 Å². The van der Waals surface area contributed by atoms with E-state index in [0.717, 1.165) is 11.1 Å². The van der Waals surface area contributed by atoms with Crippen LogP contribution >= 0.6 is 11.3 Å². The smallest absolute Gasteiger partial charge is 0.335 e. The Bertz CT molecular complexity index is 1350. The van der Waals surface area contributed by atoms with Gasteiger partial charge < -0.3 is 9.84 Å². The summed E-state index contributed by atoms with van der Waals surface area (Å²) in [6, 6.07) is 11.5. The molecular formula is C25H24N2O5S2. The third kappa shape index (κ3) is 5.58. The number of carbonyl (C=O) groups is 1. The van der Waals surface area contributed by atoms with E-state index in [1.54, 1.807) is 0 Å². The number of ether oxygens (including phenoxy) is 1. The van der Waals surface area contributed by atoms with E-state index < -0.39 is 16.0 Å². The Morgan fingerprint density at radius 1 is 1.15 bits per heavy atom. The number of aromatic nitrogens is 1. The second-order valence-corrected chi connectivity index (χ2v) is 10.5. The number of rotatable bonds is 6. The SMILES string of the molecule is COc1cc(C(=O)O)ccc1NS(=O)(=O)c1csc(-c2ccc(C#CC3CCCCC3)cc2)n1. The first-order valence-electron chi connectivity index (χ1n) is 10.9. The molecule has 0 saturated heterocycles. The fourth-order valence-corrected chi connectivity index (χ4v) is 5.92. The number of thiazole rings is 1. The van der Waals surface area contributed by atoms with Gasteiger partial charge in [-0.25, -0.2) is 9.78 Å². The van der Waals surface area contributed by atoms with Crippen molar-refractivity contribution in [3.8, 4) is 28.2 Å². The number of benzene rings is 2. The fourth-order valence-electron chi connectivity index (χ4n) is 3.75. The van der Waals surface area contributed by atoms with Crippen LogP contribution in [-0.2, 0) is 10.0 Å². The summed E-state index contributed by atoms with van der Waals surface area (Å²) in [7, 11) is -2.66. The van der Waals surface area contributed by atoms with Crippen molar-refractivity contribution in [2.45, 2.75) is 37.1 Å². The summed E-state index contributed by atoms with van der Waals surface area (Å²) in [5.74, 6) is 6.06. The van der Waals surface area contributed by atoms with Gasteiger partial charge in [-0.2, -0.15) is 8.42 Å². The Morgan fingerprint density at radius 3 is 2.56 bits per heavy atom. The largest absolute Gasteiger partial charge is 0.495 e. The van der Waals surface area contributed by atoms with Gasteiger partial charge in [0, 0.05) is 22.4 Å². The average Bonchev–Trinajstić information content (AvgIpc) is 3.35. The molecule has 1 aromatic heterocycles. The minimum Gasteiger partial charge on any atom is -0.495 e. The second kappa shape index (κ2) is 10.3. The van der Waals surface area contributed by atoms with Gasteiger partial charge in [-0.15, -0.1) is 11.3 Å². The maximum atomic E-state index is 12.9. The quantitative estimate of drug-likeness (QED) is 0.452. The van der Waals surface area contributed by atoms with Crippen molar-refractivity contribution in [3.63, 3.8) is 0 Å². The molecule has 1 aliphatic rings. The molecule has 4 rings (SSSR count). The number of nitrogens with zero attached hydrogens (tertiary/aromatic N) is 1. The van der Waals surface area contributed by atoms with Crippen molar-refractivity contribution in [2.75, 3.05) is 11.8 Å². The van der Waals surface area contributed by atoms with Gasteiger partial charge in [-0.1, -0.05) is 43.2 Å². The first kappa shape index (κ1) is 23.8. The minimum absolute atomic E-state index is 0.0115.